The molecule has 20 heavy (non-hydrogen) atoms. The van der Waals surface area contributed by atoms with Gasteiger partial charge in [-0.15, -0.1) is 0 Å². The molecule has 0 spiro atoms. The van der Waals surface area contributed by atoms with Crippen LogP contribution in [0.15, 0.2) is 0 Å². The van der Waals surface area contributed by atoms with E-state index in [1.807, 2.05) is 0 Å². The van der Waals surface area contributed by atoms with Gasteiger partial charge in [-0.2, -0.15) is 0 Å². The van der Waals surface area contributed by atoms with E-state index in [1.54, 1.807) is 27.7 Å². The third kappa shape index (κ3) is 2.51. The number of hydrogen-bond donors (Lipinski definition) is 0. The Morgan fingerprint density at radius 2 is 1.95 bits per heavy atom. The second kappa shape index (κ2) is 5.07. The molecular weight excluding hydrogens is 262 g/mol. The molecule has 2 rings (SSSR count). The number of hydrogen-bond acceptors (Lipinski definition) is 5. The highest BCUT2D eigenvalue weighted by molar-refractivity contribution is 6.07. The van der Waals surface area contributed by atoms with Crippen molar-refractivity contribution in [3.63, 3.8) is 0 Å². The fourth-order valence-corrected chi connectivity index (χ4v) is 2.92. The molecule has 2 fully saturated rings. The van der Waals surface area contributed by atoms with E-state index in [1.165, 1.54) is 4.90 Å². The fraction of sp³-hybridized carbons (Fsp3) is 0.786. The normalized spacial score (nSPS) is 28.7. The van der Waals surface area contributed by atoms with Crippen molar-refractivity contribution in [3.05, 3.63) is 0 Å². The Hall–Kier alpha value is -1.59. The number of nitrogens with zero attached hydrogens (tertiary/aromatic N) is 1. The minimum atomic E-state index is -0.846. The molecule has 0 aromatic heterocycles. The van der Waals surface area contributed by atoms with Gasteiger partial charge >= 0.3 is 12.1 Å². The maximum Gasteiger partial charge on any atom is 0.411 e. The van der Waals surface area contributed by atoms with Gasteiger partial charge in [-0.25, -0.2) is 4.79 Å². The molecule has 2 aliphatic rings. The summed E-state index contributed by atoms with van der Waals surface area (Å²) in [7, 11) is 0. The molecule has 6 nitrogen and oxygen atoms in total. The van der Waals surface area contributed by atoms with Gasteiger partial charge in [0, 0.05) is 0 Å². The Morgan fingerprint density at radius 3 is 2.50 bits per heavy atom. The zero-order valence-electron chi connectivity index (χ0n) is 12.3. The Balaban J connectivity index is 2.16. The van der Waals surface area contributed by atoms with Crippen molar-refractivity contribution in [2.24, 2.45) is 5.92 Å². The average Bonchev–Trinajstić information content (AvgIpc) is 2.82. The molecule has 0 saturated carbocycles. The molecule has 112 valence electrons. The predicted octanol–water partition coefficient (Wildman–Crippen LogP) is 1.52. The summed E-state index contributed by atoms with van der Waals surface area (Å²) in [6.07, 6.45) is 0.711. The first kappa shape index (κ1) is 14.8. The number of fused-ring (bicyclic) bond motifs is 2. The first-order valence-electron chi connectivity index (χ1n) is 6.98. The van der Waals surface area contributed by atoms with Gasteiger partial charge in [0.1, 0.15) is 11.5 Å². The monoisotopic (exact) mass is 283 g/mol. The van der Waals surface area contributed by atoms with Crippen LogP contribution in [0.2, 0.25) is 0 Å². The summed E-state index contributed by atoms with van der Waals surface area (Å²) < 4.78 is 10.3. The summed E-state index contributed by atoms with van der Waals surface area (Å²) >= 11 is 0. The number of carbonyl (C=O) groups is 3. The molecule has 3 atom stereocenters. The van der Waals surface area contributed by atoms with Crippen molar-refractivity contribution >= 4 is 17.8 Å². The standard InChI is InChI=1S/C14H21NO5/c1-5-19-12(17)10-8-6-7-9(11(10)16)15(8)13(18)20-14(2,3)4/h8-10H,5-7H2,1-4H3. The van der Waals surface area contributed by atoms with Gasteiger partial charge in [-0.3, -0.25) is 14.5 Å². The fourth-order valence-electron chi connectivity index (χ4n) is 2.92. The summed E-state index contributed by atoms with van der Waals surface area (Å²) in [5.74, 6) is -1.59. The lowest BCUT2D eigenvalue weighted by atomic mass is 9.88. The lowest BCUT2D eigenvalue weighted by Crippen LogP contribution is -2.41. The molecular formula is C14H21NO5. The Morgan fingerprint density at radius 1 is 1.30 bits per heavy atom. The Labute approximate surface area is 118 Å². The maximum absolute atomic E-state index is 12.2. The molecule has 2 heterocycles. The molecule has 0 aliphatic carbocycles. The van der Waals surface area contributed by atoms with Gasteiger partial charge in [0.05, 0.1) is 18.7 Å². The SMILES string of the molecule is CCOC(=O)C1C(=O)C2CCC1N2C(=O)OC(C)(C)C. The Bertz CT molecular complexity index is 439. The minimum Gasteiger partial charge on any atom is -0.465 e. The third-order valence-corrected chi connectivity index (χ3v) is 3.59. The molecule has 0 aromatic rings. The summed E-state index contributed by atoms with van der Waals surface area (Å²) in [4.78, 5) is 37.7. The van der Waals surface area contributed by atoms with Crippen LogP contribution in [0.5, 0.6) is 0 Å². The van der Waals surface area contributed by atoms with Gasteiger partial charge in [-0.1, -0.05) is 0 Å². The molecule has 3 unspecified atom stereocenters. The van der Waals surface area contributed by atoms with Crippen LogP contribution < -0.4 is 0 Å². The van der Waals surface area contributed by atoms with Gasteiger partial charge in [0.15, 0.2) is 5.78 Å². The lowest BCUT2D eigenvalue weighted by Gasteiger charge is -2.27. The summed E-state index contributed by atoms with van der Waals surface area (Å²) in [6.45, 7) is 7.24. The number of esters is 1. The number of Topliss-reactive ketones (excluding diaryl/α,β-unsaturated/α-hetero) is 1. The Kier molecular flexibility index (Phi) is 3.75. The number of ketones is 1. The van der Waals surface area contributed by atoms with Crippen LogP contribution in [0.4, 0.5) is 4.79 Å². The van der Waals surface area contributed by atoms with Crippen LogP contribution in [-0.2, 0) is 19.1 Å². The van der Waals surface area contributed by atoms with E-state index in [0.29, 0.717) is 12.8 Å². The molecule has 6 heteroatoms. The zero-order valence-corrected chi connectivity index (χ0v) is 12.3. The van der Waals surface area contributed by atoms with Crippen LogP contribution in [0, 0.1) is 5.92 Å². The van der Waals surface area contributed by atoms with E-state index in [9.17, 15) is 14.4 Å². The number of rotatable bonds is 2. The first-order chi connectivity index (χ1) is 9.26. The van der Waals surface area contributed by atoms with E-state index in [4.69, 9.17) is 9.47 Å². The number of carbonyl (C=O) groups excluding carboxylic acids is 3. The zero-order chi connectivity index (χ0) is 15.1. The average molecular weight is 283 g/mol. The predicted molar refractivity (Wildman–Crippen MR) is 70.0 cm³/mol. The van der Waals surface area contributed by atoms with E-state index in [0.717, 1.165) is 0 Å². The topological polar surface area (TPSA) is 72.9 Å². The van der Waals surface area contributed by atoms with Crippen molar-refractivity contribution in [2.45, 2.75) is 58.2 Å². The van der Waals surface area contributed by atoms with Gasteiger partial charge < -0.3 is 9.47 Å². The highest BCUT2D eigenvalue weighted by Crippen LogP contribution is 2.40. The first-order valence-corrected chi connectivity index (χ1v) is 6.98. The summed E-state index contributed by atoms with van der Waals surface area (Å²) in [5, 5.41) is 0. The molecule has 2 bridgehead atoms. The van der Waals surface area contributed by atoms with Crippen molar-refractivity contribution in [3.8, 4) is 0 Å². The van der Waals surface area contributed by atoms with Crippen LogP contribution in [0.25, 0.3) is 0 Å². The van der Waals surface area contributed by atoms with Crippen molar-refractivity contribution in [2.75, 3.05) is 6.61 Å². The van der Waals surface area contributed by atoms with E-state index in [2.05, 4.69) is 0 Å². The van der Waals surface area contributed by atoms with Gasteiger partial charge in [0.25, 0.3) is 0 Å². The van der Waals surface area contributed by atoms with Crippen LogP contribution in [-0.4, -0.2) is 47.0 Å². The van der Waals surface area contributed by atoms with Crippen molar-refractivity contribution < 1.29 is 23.9 Å². The second-order valence-electron chi connectivity index (χ2n) is 6.18. The third-order valence-electron chi connectivity index (χ3n) is 3.59. The highest BCUT2D eigenvalue weighted by Gasteiger charge is 2.58. The number of amides is 1. The quantitative estimate of drug-likeness (QED) is 0.567. The smallest absolute Gasteiger partial charge is 0.411 e. The molecule has 2 aliphatic heterocycles. The number of ether oxygens (including phenoxy) is 2. The highest BCUT2D eigenvalue weighted by atomic mass is 16.6. The van der Waals surface area contributed by atoms with Crippen molar-refractivity contribution in [1.82, 2.24) is 4.90 Å². The molecule has 0 N–H and O–H groups in total. The van der Waals surface area contributed by atoms with E-state index < -0.39 is 35.7 Å². The minimum absolute atomic E-state index is 0.217. The van der Waals surface area contributed by atoms with E-state index in [-0.39, 0.29) is 12.4 Å². The maximum atomic E-state index is 12.2. The van der Waals surface area contributed by atoms with Crippen LogP contribution >= 0.6 is 0 Å². The van der Waals surface area contributed by atoms with E-state index >= 15 is 0 Å². The lowest BCUT2D eigenvalue weighted by molar-refractivity contribution is -0.151. The largest absolute Gasteiger partial charge is 0.465 e. The molecule has 0 aromatic carbocycles. The second-order valence-corrected chi connectivity index (χ2v) is 6.18. The molecule has 2 saturated heterocycles. The molecule has 1 amide bonds. The van der Waals surface area contributed by atoms with Gasteiger partial charge in [-0.05, 0) is 40.5 Å². The van der Waals surface area contributed by atoms with Crippen LogP contribution in [0.1, 0.15) is 40.5 Å². The van der Waals surface area contributed by atoms with Crippen molar-refractivity contribution in [1.29, 1.82) is 0 Å². The van der Waals surface area contributed by atoms with Crippen LogP contribution in [0.3, 0.4) is 0 Å². The summed E-state index contributed by atoms with van der Waals surface area (Å²) in [5.41, 5.74) is -0.623. The summed E-state index contributed by atoms with van der Waals surface area (Å²) in [6, 6.07) is -0.953. The van der Waals surface area contributed by atoms with Gasteiger partial charge in [0.2, 0.25) is 0 Å². The molecule has 0 radical (unpaired) electrons.